The van der Waals surface area contributed by atoms with E-state index >= 15 is 0 Å². The molecule has 0 unspecified atom stereocenters. The third-order valence-corrected chi connectivity index (χ3v) is 4.22. The number of nitrogens with one attached hydrogen (secondary N) is 1. The number of carboxylic acids is 1. The van der Waals surface area contributed by atoms with Gasteiger partial charge in [-0.1, -0.05) is 35.3 Å². The Balaban J connectivity index is 1.97. The Morgan fingerprint density at radius 1 is 1.33 bits per heavy atom. The molecule has 1 heterocycles. The third kappa shape index (κ3) is 4.54. The van der Waals surface area contributed by atoms with Crippen LogP contribution in [0.2, 0.25) is 10.0 Å². The van der Waals surface area contributed by atoms with Crippen molar-refractivity contribution in [3.05, 3.63) is 62.8 Å². The zero-order valence-corrected chi connectivity index (χ0v) is 15.9. The number of rotatable bonds is 6. The zero-order valence-electron chi connectivity index (χ0n) is 13.6. The molecule has 3 rings (SSSR count). The monoisotopic (exact) mass is 422 g/mol. The van der Waals surface area contributed by atoms with Crippen molar-refractivity contribution in [3.63, 3.8) is 0 Å². The van der Waals surface area contributed by atoms with Gasteiger partial charge in [-0.15, -0.1) is 0 Å². The molecule has 0 aliphatic heterocycles. The number of carboxylic acid groups (broad SMARTS) is 1. The molecule has 7 nitrogen and oxygen atoms in total. The zero-order chi connectivity index (χ0) is 19.4. The first kappa shape index (κ1) is 19.1. The summed E-state index contributed by atoms with van der Waals surface area (Å²) in [5.41, 5.74) is 1.18. The highest BCUT2D eigenvalue weighted by atomic mass is 35.5. The highest BCUT2D eigenvalue weighted by Gasteiger charge is 2.12. The topological polar surface area (TPSA) is 92.5 Å². The van der Waals surface area contributed by atoms with Gasteiger partial charge in [-0.25, -0.2) is 9.89 Å². The van der Waals surface area contributed by atoms with Crippen molar-refractivity contribution in [3.8, 4) is 17.1 Å². The van der Waals surface area contributed by atoms with Gasteiger partial charge in [0.05, 0.1) is 11.2 Å². The van der Waals surface area contributed by atoms with Gasteiger partial charge in [0, 0.05) is 16.1 Å². The lowest BCUT2D eigenvalue weighted by atomic mass is 10.2. The molecule has 138 valence electrons. The number of para-hydroxylation sites is 1. The second-order valence-corrected chi connectivity index (χ2v) is 6.48. The number of carbonyl (C=O) groups is 1. The van der Waals surface area contributed by atoms with Crippen molar-refractivity contribution < 1.29 is 14.6 Å². The van der Waals surface area contributed by atoms with Crippen LogP contribution in [0.15, 0.2) is 47.6 Å². The Bertz CT molecular complexity index is 1080. The molecule has 1 aromatic heterocycles. The minimum atomic E-state index is -1.07. The maximum atomic E-state index is 10.7. The standard InChI is InChI=1S/C17H12Cl2N4O3S/c18-11-5-6-12(13(19)7-11)16-21-22-17(27)23(16)20-8-10-3-1-2-4-14(10)26-9-15(24)25/h1-8H,9H2,(H,22,27)(H,24,25). The first-order valence-electron chi connectivity index (χ1n) is 7.56. The molecule has 0 saturated heterocycles. The molecule has 0 radical (unpaired) electrons. The normalized spacial score (nSPS) is 11.0. The number of aromatic amines is 1. The second kappa shape index (κ2) is 8.34. The summed E-state index contributed by atoms with van der Waals surface area (Å²) in [4.78, 5) is 10.7. The van der Waals surface area contributed by atoms with Crippen LogP contribution in [0, 0.1) is 4.77 Å². The summed E-state index contributed by atoms with van der Waals surface area (Å²) in [6.07, 6.45) is 1.50. The summed E-state index contributed by atoms with van der Waals surface area (Å²) < 4.78 is 6.92. The molecule has 0 bridgehead atoms. The van der Waals surface area contributed by atoms with Gasteiger partial charge in [-0.2, -0.15) is 14.9 Å². The first-order chi connectivity index (χ1) is 13.0. The van der Waals surface area contributed by atoms with E-state index in [1.165, 1.54) is 10.9 Å². The maximum Gasteiger partial charge on any atom is 0.341 e. The van der Waals surface area contributed by atoms with Gasteiger partial charge in [0.15, 0.2) is 12.4 Å². The number of nitrogens with zero attached hydrogens (tertiary/aromatic N) is 3. The summed E-state index contributed by atoms with van der Waals surface area (Å²) in [7, 11) is 0. The molecule has 0 aliphatic carbocycles. The van der Waals surface area contributed by atoms with Crippen LogP contribution in [0.1, 0.15) is 5.56 Å². The summed E-state index contributed by atoms with van der Waals surface area (Å²) in [6, 6.07) is 11.9. The van der Waals surface area contributed by atoms with Crippen molar-refractivity contribution in [1.29, 1.82) is 0 Å². The van der Waals surface area contributed by atoms with E-state index in [4.69, 9.17) is 45.3 Å². The number of H-pyrrole nitrogens is 1. The van der Waals surface area contributed by atoms with Crippen LogP contribution in [-0.2, 0) is 4.79 Å². The van der Waals surface area contributed by atoms with Crippen LogP contribution in [0.3, 0.4) is 0 Å². The van der Waals surface area contributed by atoms with Crippen LogP contribution in [0.4, 0.5) is 0 Å². The molecular weight excluding hydrogens is 411 g/mol. The molecule has 2 N–H and O–H groups in total. The smallest absolute Gasteiger partial charge is 0.341 e. The molecule has 3 aromatic rings. The highest BCUT2D eigenvalue weighted by Crippen LogP contribution is 2.29. The van der Waals surface area contributed by atoms with Gasteiger partial charge in [0.25, 0.3) is 0 Å². The average Bonchev–Trinajstić information content (AvgIpc) is 2.99. The van der Waals surface area contributed by atoms with Crippen LogP contribution >= 0.6 is 35.4 Å². The summed E-state index contributed by atoms with van der Waals surface area (Å²) in [6.45, 7) is -0.457. The number of ether oxygens (including phenoxy) is 1. The fraction of sp³-hybridized carbons (Fsp3) is 0.0588. The lowest BCUT2D eigenvalue weighted by Gasteiger charge is -2.07. The average molecular weight is 423 g/mol. The number of aromatic nitrogens is 3. The van der Waals surface area contributed by atoms with Crippen molar-refractivity contribution in [2.75, 3.05) is 6.61 Å². The summed E-state index contributed by atoms with van der Waals surface area (Å²) >= 11 is 17.4. The maximum absolute atomic E-state index is 10.7. The van der Waals surface area contributed by atoms with Gasteiger partial charge in [-0.3, -0.25) is 0 Å². The SMILES string of the molecule is O=C(O)COc1ccccc1C=Nn1c(-c2ccc(Cl)cc2Cl)n[nH]c1=S. The molecule has 27 heavy (non-hydrogen) atoms. The van der Waals surface area contributed by atoms with Gasteiger partial charge in [-0.05, 0) is 42.5 Å². The van der Waals surface area contributed by atoms with Gasteiger partial charge >= 0.3 is 5.97 Å². The molecule has 0 fully saturated rings. The Kier molecular flexibility index (Phi) is 5.90. The fourth-order valence-corrected chi connectivity index (χ4v) is 2.89. The predicted molar refractivity (Wildman–Crippen MR) is 105 cm³/mol. The van der Waals surface area contributed by atoms with Crippen LogP contribution in [0.25, 0.3) is 11.4 Å². The molecular formula is C17H12Cl2N4O3S. The predicted octanol–water partition coefficient (Wildman–Crippen LogP) is 4.26. The molecule has 0 atom stereocenters. The van der Waals surface area contributed by atoms with E-state index in [0.29, 0.717) is 32.7 Å². The first-order valence-corrected chi connectivity index (χ1v) is 8.73. The summed E-state index contributed by atoms with van der Waals surface area (Å²) in [5, 5.41) is 20.9. The molecule has 0 amide bonds. The van der Waals surface area contributed by atoms with E-state index in [9.17, 15) is 4.79 Å². The lowest BCUT2D eigenvalue weighted by molar-refractivity contribution is -0.139. The van der Waals surface area contributed by atoms with Crippen LogP contribution in [-0.4, -0.2) is 38.8 Å². The number of benzene rings is 2. The highest BCUT2D eigenvalue weighted by molar-refractivity contribution is 7.71. The van der Waals surface area contributed by atoms with Gasteiger partial charge in [0.2, 0.25) is 4.77 Å². The van der Waals surface area contributed by atoms with E-state index in [1.807, 2.05) is 0 Å². The number of aliphatic carboxylic acids is 1. The number of hydrogen-bond donors (Lipinski definition) is 2. The molecule has 10 heteroatoms. The van der Waals surface area contributed by atoms with Gasteiger partial charge in [0.1, 0.15) is 5.75 Å². The van der Waals surface area contributed by atoms with E-state index in [-0.39, 0.29) is 4.77 Å². The minimum Gasteiger partial charge on any atom is -0.481 e. The molecule has 0 aliphatic rings. The number of halogens is 2. The van der Waals surface area contributed by atoms with E-state index in [2.05, 4.69) is 15.3 Å². The molecule has 2 aromatic carbocycles. The summed E-state index contributed by atoms with van der Waals surface area (Å²) in [5.74, 6) is -0.287. The Morgan fingerprint density at radius 3 is 2.85 bits per heavy atom. The van der Waals surface area contributed by atoms with Crippen LogP contribution in [0.5, 0.6) is 5.75 Å². The minimum absolute atomic E-state index is 0.260. The Morgan fingerprint density at radius 2 is 2.11 bits per heavy atom. The van der Waals surface area contributed by atoms with Crippen LogP contribution < -0.4 is 4.74 Å². The fourth-order valence-electron chi connectivity index (χ4n) is 2.22. The molecule has 0 saturated carbocycles. The van der Waals surface area contributed by atoms with Gasteiger partial charge < -0.3 is 9.84 Å². The van der Waals surface area contributed by atoms with Crippen molar-refractivity contribution in [1.82, 2.24) is 14.9 Å². The molecule has 0 spiro atoms. The largest absolute Gasteiger partial charge is 0.481 e. The third-order valence-electron chi connectivity index (χ3n) is 3.40. The quantitative estimate of drug-likeness (QED) is 0.457. The lowest BCUT2D eigenvalue weighted by Crippen LogP contribution is -2.10. The van der Waals surface area contributed by atoms with Crippen molar-refractivity contribution >= 4 is 47.6 Å². The van der Waals surface area contributed by atoms with Crippen molar-refractivity contribution in [2.24, 2.45) is 5.10 Å². The Labute approximate surface area is 168 Å². The second-order valence-electron chi connectivity index (χ2n) is 5.25. The van der Waals surface area contributed by atoms with Crippen molar-refractivity contribution in [2.45, 2.75) is 0 Å². The Hall–Kier alpha value is -2.68. The number of hydrogen-bond acceptors (Lipinski definition) is 5. The van der Waals surface area contributed by atoms with E-state index in [0.717, 1.165) is 0 Å². The van der Waals surface area contributed by atoms with E-state index in [1.54, 1.807) is 42.5 Å². The van der Waals surface area contributed by atoms with E-state index < -0.39 is 12.6 Å².